The van der Waals surface area contributed by atoms with Crippen molar-refractivity contribution in [2.45, 2.75) is 122 Å². The molecule has 1 aliphatic carbocycles. The van der Waals surface area contributed by atoms with Crippen LogP contribution in [0.2, 0.25) is 0 Å². The molecule has 2 heterocycles. The Morgan fingerprint density at radius 3 is 1.28 bits per heavy atom. The summed E-state index contributed by atoms with van der Waals surface area (Å²) in [5, 5.41) is 0. The van der Waals surface area contributed by atoms with E-state index in [1.54, 1.807) is 0 Å². The lowest BCUT2D eigenvalue weighted by atomic mass is 9.90. The SMILES string of the molecule is CCCCCCCCOc1c2cccc1Cc1cccc3c1OCCOCCOc1ccccc1OCCOCCOc1c(cccc1Cc1cc(C(=O)NS(=O)(=O)C(F)(F)F)cc(c1OCCCCCCCC)C3)C2. The van der Waals surface area contributed by atoms with Gasteiger partial charge in [0.2, 0.25) is 0 Å². The van der Waals surface area contributed by atoms with Crippen molar-refractivity contribution in [1.82, 2.24) is 4.72 Å². The minimum absolute atomic E-state index is 0.0908. The molecule has 12 nitrogen and oxygen atoms in total. The van der Waals surface area contributed by atoms with Gasteiger partial charge in [-0.3, -0.25) is 4.79 Å². The molecule has 1 amide bonds. The molecular weight excluding hydrogens is 1000 g/mol. The minimum Gasteiger partial charge on any atom is -0.493 e. The zero-order chi connectivity index (χ0) is 53.6. The van der Waals surface area contributed by atoms with Crippen LogP contribution in [0.4, 0.5) is 13.2 Å². The van der Waals surface area contributed by atoms with E-state index in [0.29, 0.717) is 77.1 Å². The number of para-hydroxylation sites is 5. The molecule has 412 valence electrons. The summed E-state index contributed by atoms with van der Waals surface area (Å²) in [6.07, 6.45) is 13.7. The minimum atomic E-state index is -6.06. The summed E-state index contributed by atoms with van der Waals surface area (Å²) in [7, 11) is -6.06. The number of hydrogen-bond donors (Lipinski definition) is 1. The molecule has 76 heavy (non-hydrogen) atoms. The first kappa shape index (κ1) is 57.7. The van der Waals surface area contributed by atoms with E-state index in [1.165, 1.54) is 36.1 Å². The zero-order valence-electron chi connectivity index (χ0n) is 44.1. The van der Waals surface area contributed by atoms with E-state index >= 15 is 0 Å². The number of sulfonamides is 1. The second-order valence-corrected chi connectivity index (χ2v) is 20.9. The van der Waals surface area contributed by atoms with Crippen LogP contribution in [0.1, 0.15) is 146 Å². The van der Waals surface area contributed by atoms with E-state index in [9.17, 15) is 26.4 Å². The monoisotopic (exact) mass is 1070 g/mol. The summed E-state index contributed by atoms with van der Waals surface area (Å²) >= 11 is 0. The van der Waals surface area contributed by atoms with Gasteiger partial charge in [-0.1, -0.05) is 145 Å². The molecule has 1 N–H and O–H groups in total. The highest BCUT2D eigenvalue weighted by atomic mass is 32.2. The van der Waals surface area contributed by atoms with Crippen molar-refractivity contribution in [2.75, 3.05) is 66.1 Å². The summed E-state index contributed by atoms with van der Waals surface area (Å²) < 4.78 is 119. The van der Waals surface area contributed by atoms with Gasteiger partial charge in [0.25, 0.3) is 5.91 Å². The Hall–Kier alpha value is -5.97. The lowest BCUT2D eigenvalue weighted by Crippen LogP contribution is -2.40. The molecule has 0 fully saturated rings. The first-order chi connectivity index (χ1) is 37.0. The molecule has 10 bridgehead atoms. The number of nitrogens with one attached hydrogen (secondary N) is 1. The summed E-state index contributed by atoms with van der Waals surface area (Å²) in [4.78, 5) is 13.9. The van der Waals surface area contributed by atoms with Crippen LogP contribution in [0.3, 0.4) is 0 Å². The third-order valence-corrected chi connectivity index (χ3v) is 14.4. The van der Waals surface area contributed by atoms with Gasteiger partial charge in [-0.15, -0.1) is 0 Å². The van der Waals surface area contributed by atoms with Gasteiger partial charge in [-0.2, -0.15) is 21.6 Å². The molecular formula is C60H74F3NO11S. The predicted octanol–water partition coefficient (Wildman–Crippen LogP) is 12.7. The van der Waals surface area contributed by atoms with Crippen LogP contribution in [0.25, 0.3) is 0 Å². The summed E-state index contributed by atoms with van der Waals surface area (Å²) in [6, 6.07) is 28.1. The molecule has 5 aromatic rings. The van der Waals surface area contributed by atoms with Crippen LogP contribution in [-0.2, 0) is 45.2 Å². The fourth-order valence-electron chi connectivity index (χ4n) is 9.53. The molecule has 16 heteroatoms. The summed E-state index contributed by atoms with van der Waals surface area (Å²) in [5.41, 5.74) is -0.172. The second kappa shape index (κ2) is 29.5. The number of unbranched alkanes of at least 4 members (excludes halogenated alkanes) is 10. The van der Waals surface area contributed by atoms with Crippen molar-refractivity contribution in [1.29, 1.82) is 0 Å². The Balaban J connectivity index is 1.37. The molecule has 0 radical (unpaired) electrons. The maximum atomic E-state index is 13.9. The van der Waals surface area contributed by atoms with E-state index < -0.39 is 21.4 Å². The van der Waals surface area contributed by atoms with Crippen LogP contribution in [-0.4, -0.2) is 85.9 Å². The molecule has 0 spiro atoms. The van der Waals surface area contributed by atoms with Gasteiger partial charge < -0.3 is 37.9 Å². The summed E-state index contributed by atoms with van der Waals surface area (Å²) in [6.45, 7) is 6.93. The molecule has 0 saturated heterocycles. The van der Waals surface area contributed by atoms with Crippen molar-refractivity contribution in [2.24, 2.45) is 0 Å². The number of amides is 1. The lowest BCUT2D eigenvalue weighted by Gasteiger charge is -2.23. The number of halogens is 3. The van der Waals surface area contributed by atoms with Gasteiger partial charge in [-0.25, -0.2) is 4.72 Å². The van der Waals surface area contributed by atoms with Gasteiger partial charge in [0.15, 0.2) is 11.5 Å². The average Bonchev–Trinajstić information content (AvgIpc) is 3.42. The predicted molar refractivity (Wildman–Crippen MR) is 287 cm³/mol. The van der Waals surface area contributed by atoms with Crippen LogP contribution in [0.15, 0.2) is 91.0 Å². The number of benzene rings is 5. The third kappa shape index (κ3) is 16.8. The standard InChI is InChI=1S/C60H74F3NO11S/c1-3-5-7-9-11-15-28-72-55-44-20-17-21-45(55)39-47-23-19-25-49-41-51-43-52(59(65)64-76(66,67)60(61,62)63)42-50(58(51)73-29-16-12-10-8-6-4-2)40-48-24-18-22-46(38-44)56(48)74-36-32-68-30-34-70-53-26-13-14-27-54(53)71-35-31-69-33-37-75-57(47)49/h13-14,17-27,42-43H,3-12,15-16,28-41H2,1-2H3,(H,64,65). The molecule has 8 rings (SSSR count). The normalized spacial score (nSPS) is 14.7. The highest BCUT2D eigenvalue weighted by Gasteiger charge is 2.47. The Morgan fingerprint density at radius 1 is 0.487 bits per heavy atom. The highest BCUT2D eigenvalue weighted by Crippen LogP contribution is 2.40. The quantitative estimate of drug-likeness (QED) is 0.0650. The second-order valence-electron chi connectivity index (χ2n) is 19.2. The highest BCUT2D eigenvalue weighted by molar-refractivity contribution is 7.90. The third-order valence-electron chi connectivity index (χ3n) is 13.4. The Bertz CT molecular complexity index is 2620. The van der Waals surface area contributed by atoms with Crippen LogP contribution in [0.5, 0.6) is 34.5 Å². The first-order valence-corrected chi connectivity index (χ1v) is 28.6. The first-order valence-electron chi connectivity index (χ1n) is 27.1. The fraction of sp³-hybridized carbons (Fsp3) is 0.483. The van der Waals surface area contributed by atoms with Crippen molar-refractivity contribution < 1.29 is 64.3 Å². The molecule has 0 aromatic heterocycles. The Kier molecular flexibility index (Phi) is 22.4. The number of fused-ring (bicyclic) bond motifs is 12. The largest absolute Gasteiger partial charge is 0.516 e. The van der Waals surface area contributed by atoms with E-state index in [-0.39, 0.29) is 71.3 Å². The molecule has 5 aromatic carbocycles. The number of carbonyl (C=O) groups excluding carboxylic acids is 1. The number of ether oxygens (including phenoxy) is 8. The van der Waals surface area contributed by atoms with Crippen molar-refractivity contribution >= 4 is 15.9 Å². The molecule has 2 aliphatic heterocycles. The van der Waals surface area contributed by atoms with Gasteiger partial charge in [0.1, 0.15) is 49.4 Å². The van der Waals surface area contributed by atoms with E-state index in [2.05, 4.69) is 26.0 Å². The van der Waals surface area contributed by atoms with Gasteiger partial charge >= 0.3 is 15.5 Å². The number of alkyl halides is 3. The fourth-order valence-corrected chi connectivity index (χ4v) is 10.0. The topological polar surface area (TPSA) is 137 Å². The molecule has 3 aliphatic rings. The van der Waals surface area contributed by atoms with Crippen molar-refractivity contribution in [3.05, 3.63) is 141 Å². The smallest absolute Gasteiger partial charge is 0.493 e. The van der Waals surface area contributed by atoms with Gasteiger partial charge in [0.05, 0.1) is 39.6 Å². The van der Waals surface area contributed by atoms with E-state index in [0.717, 1.165) is 85.8 Å². The van der Waals surface area contributed by atoms with E-state index in [1.807, 2.05) is 66.7 Å². The van der Waals surface area contributed by atoms with Crippen LogP contribution in [0, 0.1) is 0 Å². The van der Waals surface area contributed by atoms with E-state index in [4.69, 9.17) is 37.9 Å². The van der Waals surface area contributed by atoms with Crippen LogP contribution >= 0.6 is 0 Å². The molecule has 0 atom stereocenters. The van der Waals surface area contributed by atoms with Gasteiger partial charge in [0, 0.05) is 31.2 Å². The molecule has 0 saturated carbocycles. The maximum absolute atomic E-state index is 13.9. The number of hydrogen-bond acceptors (Lipinski definition) is 11. The maximum Gasteiger partial charge on any atom is 0.516 e. The number of carbonyl (C=O) groups is 1. The summed E-state index contributed by atoms with van der Waals surface area (Å²) in [5.74, 6) is 2.04. The van der Waals surface area contributed by atoms with Crippen molar-refractivity contribution in [3.8, 4) is 34.5 Å². The van der Waals surface area contributed by atoms with Crippen LogP contribution < -0.4 is 33.1 Å². The van der Waals surface area contributed by atoms with Crippen molar-refractivity contribution in [3.63, 3.8) is 0 Å². The average molecular weight is 1070 g/mol. The zero-order valence-corrected chi connectivity index (χ0v) is 44.9. The number of rotatable bonds is 18. The Labute approximate surface area is 446 Å². The Morgan fingerprint density at radius 2 is 0.855 bits per heavy atom. The van der Waals surface area contributed by atoms with Gasteiger partial charge in [-0.05, 0) is 81.6 Å². The molecule has 0 unspecified atom stereocenters. The lowest BCUT2D eigenvalue weighted by molar-refractivity contribution is -0.0446.